The second-order valence-corrected chi connectivity index (χ2v) is 5.93. The molecule has 114 valence electrons. The summed E-state index contributed by atoms with van der Waals surface area (Å²) in [5, 5.41) is 0.578. The summed E-state index contributed by atoms with van der Waals surface area (Å²) in [5.74, 6) is 0.279. The van der Waals surface area contributed by atoms with Crippen LogP contribution in [0.15, 0.2) is 36.7 Å². The molecular weight excluding hydrogens is 310 g/mol. The standard InChI is InChI=1S/C17H14ClN5/c18-12-7-10-1-2-14-15(11(10)8-13(12)19)16(23-17(20)22-14)9-3-5-21-6-4-9/h3-8H,1-2,19H2,(H2,20,22,23). The lowest BCUT2D eigenvalue weighted by atomic mass is 9.86. The van der Waals surface area contributed by atoms with Crippen LogP contribution in [0.2, 0.25) is 5.02 Å². The number of anilines is 2. The SMILES string of the molecule is Nc1nc2c(c(-c3ccncc3)n1)-c1cc(N)c(Cl)cc1CC2. The number of nitrogen functional groups attached to an aromatic ring is 2. The third-order valence-electron chi connectivity index (χ3n) is 4.08. The molecule has 6 heteroatoms. The van der Waals surface area contributed by atoms with Gasteiger partial charge in [-0.1, -0.05) is 11.6 Å². The van der Waals surface area contributed by atoms with Crippen molar-refractivity contribution in [1.82, 2.24) is 15.0 Å². The third-order valence-corrected chi connectivity index (χ3v) is 4.41. The summed E-state index contributed by atoms with van der Waals surface area (Å²) in [6.07, 6.45) is 5.13. The fourth-order valence-corrected chi connectivity index (χ4v) is 3.22. The van der Waals surface area contributed by atoms with Crippen molar-refractivity contribution in [3.05, 3.63) is 52.9 Å². The number of nitrogens with zero attached hydrogens (tertiary/aromatic N) is 3. The summed E-state index contributed by atoms with van der Waals surface area (Å²) in [7, 11) is 0. The molecule has 0 saturated carbocycles. The van der Waals surface area contributed by atoms with Crippen molar-refractivity contribution < 1.29 is 0 Å². The van der Waals surface area contributed by atoms with Crippen LogP contribution in [0, 0.1) is 0 Å². The Kier molecular flexibility index (Phi) is 3.16. The molecule has 2 heterocycles. The van der Waals surface area contributed by atoms with E-state index in [1.165, 1.54) is 0 Å². The van der Waals surface area contributed by atoms with Crippen molar-refractivity contribution in [2.24, 2.45) is 0 Å². The molecule has 1 aromatic carbocycles. The first-order valence-electron chi connectivity index (χ1n) is 7.28. The Morgan fingerprint density at radius 3 is 2.57 bits per heavy atom. The van der Waals surface area contributed by atoms with Crippen LogP contribution in [0.4, 0.5) is 11.6 Å². The van der Waals surface area contributed by atoms with Gasteiger partial charge in [-0.2, -0.15) is 0 Å². The van der Waals surface area contributed by atoms with Crippen molar-refractivity contribution in [1.29, 1.82) is 0 Å². The second-order valence-electron chi connectivity index (χ2n) is 5.52. The van der Waals surface area contributed by atoms with Gasteiger partial charge in [-0.3, -0.25) is 4.98 Å². The van der Waals surface area contributed by atoms with Crippen LogP contribution in [0.1, 0.15) is 11.3 Å². The number of fused-ring (bicyclic) bond motifs is 3. The molecule has 0 fully saturated rings. The highest BCUT2D eigenvalue weighted by Gasteiger charge is 2.24. The lowest BCUT2D eigenvalue weighted by Crippen LogP contribution is -2.12. The van der Waals surface area contributed by atoms with E-state index in [9.17, 15) is 0 Å². The van der Waals surface area contributed by atoms with Gasteiger partial charge in [0.2, 0.25) is 5.95 Å². The highest BCUT2D eigenvalue weighted by atomic mass is 35.5. The predicted octanol–water partition coefficient (Wildman–Crippen LogP) is 3.12. The fraction of sp³-hybridized carbons (Fsp3) is 0.118. The Balaban J connectivity index is 2.04. The van der Waals surface area contributed by atoms with E-state index in [0.29, 0.717) is 10.7 Å². The molecule has 0 saturated heterocycles. The van der Waals surface area contributed by atoms with E-state index in [-0.39, 0.29) is 5.95 Å². The molecule has 2 aromatic heterocycles. The van der Waals surface area contributed by atoms with Crippen molar-refractivity contribution >= 4 is 23.2 Å². The Morgan fingerprint density at radius 1 is 1.00 bits per heavy atom. The number of aryl methyl sites for hydroxylation is 2. The van der Waals surface area contributed by atoms with Gasteiger partial charge in [0.05, 0.1) is 22.1 Å². The highest BCUT2D eigenvalue weighted by Crippen LogP contribution is 2.41. The van der Waals surface area contributed by atoms with E-state index in [1.807, 2.05) is 24.3 Å². The zero-order valence-corrected chi connectivity index (χ0v) is 13.0. The molecule has 1 aliphatic carbocycles. The first-order valence-corrected chi connectivity index (χ1v) is 7.66. The van der Waals surface area contributed by atoms with Crippen molar-refractivity contribution in [2.45, 2.75) is 12.8 Å². The molecule has 0 spiro atoms. The van der Waals surface area contributed by atoms with Gasteiger partial charge in [-0.05, 0) is 48.2 Å². The van der Waals surface area contributed by atoms with Gasteiger partial charge < -0.3 is 11.5 Å². The summed E-state index contributed by atoms with van der Waals surface area (Å²) in [6.45, 7) is 0. The largest absolute Gasteiger partial charge is 0.398 e. The average Bonchev–Trinajstić information content (AvgIpc) is 2.56. The number of pyridine rings is 1. The predicted molar refractivity (Wildman–Crippen MR) is 91.9 cm³/mol. The molecule has 0 radical (unpaired) electrons. The van der Waals surface area contributed by atoms with Crippen LogP contribution < -0.4 is 11.5 Å². The first-order chi connectivity index (χ1) is 11.1. The van der Waals surface area contributed by atoms with E-state index in [4.69, 9.17) is 23.1 Å². The minimum Gasteiger partial charge on any atom is -0.398 e. The molecule has 0 aliphatic heterocycles. The van der Waals surface area contributed by atoms with Gasteiger partial charge in [0, 0.05) is 23.5 Å². The summed E-state index contributed by atoms with van der Waals surface area (Å²) in [4.78, 5) is 13.0. The van der Waals surface area contributed by atoms with Gasteiger partial charge in [0.25, 0.3) is 0 Å². The maximum atomic E-state index is 6.17. The fourth-order valence-electron chi connectivity index (χ4n) is 3.03. The minimum absolute atomic E-state index is 0.279. The lowest BCUT2D eigenvalue weighted by Gasteiger charge is -2.22. The molecular formula is C17H14ClN5. The third kappa shape index (κ3) is 2.29. The van der Waals surface area contributed by atoms with Crippen LogP contribution in [0.3, 0.4) is 0 Å². The van der Waals surface area contributed by atoms with E-state index in [2.05, 4.69) is 15.0 Å². The normalized spacial score (nSPS) is 12.6. The molecule has 0 atom stereocenters. The van der Waals surface area contributed by atoms with E-state index in [0.717, 1.165) is 46.5 Å². The maximum absolute atomic E-state index is 6.17. The Bertz CT molecular complexity index is 909. The average molecular weight is 324 g/mol. The van der Waals surface area contributed by atoms with Crippen LogP contribution in [0.25, 0.3) is 22.4 Å². The van der Waals surface area contributed by atoms with Crippen molar-refractivity contribution in [2.75, 3.05) is 11.5 Å². The molecule has 5 nitrogen and oxygen atoms in total. The van der Waals surface area contributed by atoms with Crippen LogP contribution in [0.5, 0.6) is 0 Å². The Hall–Kier alpha value is -2.66. The number of hydrogen-bond donors (Lipinski definition) is 2. The number of halogens is 1. The zero-order chi connectivity index (χ0) is 16.0. The monoisotopic (exact) mass is 323 g/mol. The highest BCUT2D eigenvalue weighted by molar-refractivity contribution is 6.33. The molecule has 0 unspecified atom stereocenters. The molecule has 0 amide bonds. The van der Waals surface area contributed by atoms with Gasteiger partial charge in [-0.25, -0.2) is 9.97 Å². The smallest absolute Gasteiger partial charge is 0.220 e. The van der Waals surface area contributed by atoms with Gasteiger partial charge >= 0.3 is 0 Å². The number of benzene rings is 1. The number of nitrogens with two attached hydrogens (primary N) is 2. The Morgan fingerprint density at radius 2 is 1.78 bits per heavy atom. The van der Waals surface area contributed by atoms with Crippen molar-refractivity contribution in [3.8, 4) is 22.4 Å². The number of aromatic nitrogens is 3. The summed E-state index contributed by atoms with van der Waals surface area (Å²) in [5.41, 5.74) is 18.3. The van der Waals surface area contributed by atoms with Crippen LogP contribution in [-0.4, -0.2) is 15.0 Å². The molecule has 3 aromatic rings. The van der Waals surface area contributed by atoms with E-state index in [1.54, 1.807) is 12.4 Å². The zero-order valence-electron chi connectivity index (χ0n) is 12.3. The van der Waals surface area contributed by atoms with E-state index < -0.39 is 0 Å². The summed E-state index contributed by atoms with van der Waals surface area (Å²) < 4.78 is 0. The number of hydrogen-bond acceptors (Lipinski definition) is 5. The quantitative estimate of drug-likeness (QED) is 0.671. The maximum Gasteiger partial charge on any atom is 0.220 e. The molecule has 4 N–H and O–H groups in total. The molecule has 4 rings (SSSR count). The van der Waals surface area contributed by atoms with Crippen LogP contribution >= 0.6 is 11.6 Å². The van der Waals surface area contributed by atoms with Gasteiger partial charge in [0.1, 0.15) is 0 Å². The second kappa shape index (κ2) is 5.21. The lowest BCUT2D eigenvalue weighted by molar-refractivity contribution is 0.889. The molecule has 0 bridgehead atoms. The Labute approximate surface area is 138 Å². The summed E-state index contributed by atoms with van der Waals surface area (Å²) >= 11 is 6.17. The molecule has 23 heavy (non-hydrogen) atoms. The van der Waals surface area contributed by atoms with Crippen molar-refractivity contribution in [3.63, 3.8) is 0 Å². The minimum atomic E-state index is 0.279. The molecule has 1 aliphatic rings. The van der Waals surface area contributed by atoms with Crippen LogP contribution in [-0.2, 0) is 12.8 Å². The topological polar surface area (TPSA) is 90.7 Å². The summed E-state index contributed by atoms with van der Waals surface area (Å²) in [6, 6.07) is 7.66. The van der Waals surface area contributed by atoms with Gasteiger partial charge in [0.15, 0.2) is 0 Å². The van der Waals surface area contributed by atoms with Gasteiger partial charge in [-0.15, -0.1) is 0 Å². The first kappa shape index (κ1) is 14.0. The van der Waals surface area contributed by atoms with E-state index >= 15 is 0 Å². The number of rotatable bonds is 1.